The molecule has 1 N–H and O–H groups in total. The van der Waals surface area contributed by atoms with Crippen molar-refractivity contribution in [2.24, 2.45) is 5.10 Å². The van der Waals surface area contributed by atoms with Gasteiger partial charge in [-0.1, -0.05) is 0 Å². The highest BCUT2D eigenvalue weighted by Gasteiger charge is 2.63. The van der Waals surface area contributed by atoms with Crippen LogP contribution in [0.3, 0.4) is 0 Å². The van der Waals surface area contributed by atoms with E-state index in [1.807, 2.05) is 0 Å². The highest BCUT2D eigenvalue weighted by Crippen LogP contribution is 2.40. The van der Waals surface area contributed by atoms with Crippen LogP contribution in [0.4, 0.5) is 13.2 Å². The molecule has 1 aliphatic heterocycles. The molecule has 9 heteroatoms. The Morgan fingerprint density at radius 1 is 1.33 bits per heavy atom. The number of rotatable bonds is 4. The Morgan fingerprint density at radius 3 is 2.38 bits per heavy atom. The molecule has 0 aromatic heterocycles. The van der Waals surface area contributed by atoms with Gasteiger partial charge in [-0.05, 0) is 38.1 Å². The van der Waals surface area contributed by atoms with Crippen LogP contribution in [0.15, 0.2) is 29.4 Å². The lowest BCUT2D eigenvalue weighted by Crippen LogP contribution is -2.58. The van der Waals surface area contributed by atoms with Crippen molar-refractivity contribution in [2.75, 3.05) is 7.11 Å². The number of carbonyl (C=O) groups is 1. The summed E-state index contributed by atoms with van der Waals surface area (Å²) in [7, 11) is 1.48. The summed E-state index contributed by atoms with van der Waals surface area (Å²) in [5, 5.41) is 13.5. The number of alkyl halides is 3. The van der Waals surface area contributed by atoms with Crippen LogP contribution in [0, 0.1) is 0 Å². The Morgan fingerprint density at radius 2 is 1.88 bits per heavy atom. The molecule has 0 saturated heterocycles. The first-order chi connectivity index (χ1) is 11.1. The number of amides is 1. The fraction of sp³-hybridized carbons (Fsp3) is 0.467. The number of hydrogen-bond donors (Lipinski definition) is 1. The first kappa shape index (κ1) is 18.1. The third-order valence-electron chi connectivity index (χ3n) is 3.51. The van der Waals surface area contributed by atoms with E-state index < -0.39 is 30.3 Å². The zero-order valence-corrected chi connectivity index (χ0v) is 13.3. The van der Waals surface area contributed by atoms with Crippen molar-refractivity contribution in [3.63, 3.8) is 0 Å². The van der Waals surface area contributed by atoms with Gasteiger partial charge in [-0.3, -0.25) is 4.79 Å². The van der Waals surface area contributed by atoms with E-state index >= 15 is 0 Å². The molecule has 132 valence electrons. The number of benzene rings is 1. The van der Waals surface area contributed by atoms with Gasteiger partial charge in [-0.25, -0.2) is 0 Å². The van der Waals surface area contributed by atoms with Gasteiger partial charge in [0, 0.05) is 12.1 Å². The molecule has 0 aliphatic carbocycles. The highest BCUT2D eigenvalue weighted by atomic mass is 19.4. The van der Waals surface area contributed by atoms with Crippen molar-refractivity contribution in [3.8, 4) is 11.5 Å². The molecular weight excluding hydrogens is 329 g/mol. The van der Waals surface area contributed by atoms with Crippen molar-refractivity contribution >= 4 is 11.6 Å². The maximum absolute atomic E-state index is 13.1. The molecule has 1 aromatic rings. The molecule has 24 heavy (non-hydrogen) atoms. The number of ether oxygens (including phenoxy) is 2. The largest absolute Gasteiger partial charge is 0.497 e. The van der Waals surface area contributed by atoms with Crippen molar-refractivity contribution in [1.29, 1.82) is 0 Å². The summed E-state index contributed by atoms with van der Waals surface area (Å²) < 4.78 is 49.7. The normalized spacial score (nSPS) is 22.1. The van der Waals surface area contributed by atoms with Crippen molar-refractivity contribution in [3.05, 3.63) is 24.3 Å². The van der Waals surface area contributed by atoms with Crippen LogP contribution in [-0.2, 0) is 4.79 Å². The zero-order chi connectivity index (χ0) is 18.1. The topological polar surface area (TPSA) is 71.4 Å². The zero-order valence-electron chi connectivity index (χ0n) is 13.3. The first-order valence-corrected chi connectivity index (χ1v) is 7.06. The van der Waals surface area contributed by atoms with E-state index in [4.69, 9.17) is 9.47 Å². The number of hydrazone groups is 1. The lowest BCUT2D eigenvalue weighted by Gasteiger charge is -2.33. The lowest BCUT2D eigenvalue weighted by atomic mass is 10.1. The molecular formula is C15H17F3N2O4. The minimum atomic E-state index is -5.04. The summed E-state index contributed by atoms with van der Waals surface area (Å²) in [6.07, 6.45) is -7.11. The van der Waals surface area contributed by atoms with Gasteiger partial charge in [0.1, 0.15) is 11.5 Å². The van der Waals surface area contributed by atoms with Crippen LogP contribution in [0.2, 0.25) is 0 Å². The SMILES string of the molecule is COc1ccc(O[C@@H](C)C(=O)N2N=C(C)C[C@]2(O)C(F)(F)F)cc1. The van der Waals surface area contributed by atoms with E-state index in [1.165, 1.54) is 33.1 Å². The molecule has 2 atom stereocenters. The van der Waals surface area contributed by atoms with Crippen LogP contribution in [0.5, 0.6) is 11.5 Å². The first-order valence-electron chi connectivity index (χ1n) is 7.06. The smallest absolute Gasteiger partial charge is 0.438 e. The molecule has 0 bridgehead atoms. The molecule has 2 rings (SSSR count). The monoisotopic (exact) mass is 346 g/mol. The Labute approximate surface area is 136 Å². The van der Waals surface area contributed by atoms with E-state index in [1.54, 1.807) is 12.1 Å². The van der Waals surface area contributed by atoms with Gasteiger partial charge in [0.05, 0.1) is 7.11 Å². The van der Waals surface area contributed by atoms with Crippen LogP contribution in [0.1, 0.15) is 20.3 Å². The molecule has 1 aliphatic rings. The molecule has 1 amide bonds. The standard InChI is InChI=1S/C15H17F3N2O4/c1-9-8-14(22,15(16,17)18)20(19-9)13(21)10(2)24-12-6-4-11(23-3)5-7-12/h4-7,10,22H,8H2,1-3H3/t10-,14-/m0/s1. The summed E-state index contributed by atoms with van der Waals surface area (Å²) >= 11 is 0. The second kappa shape index (κ2) is 6.31. The number of hydrogen-bond acceptors (Lipinski definition) is 5. The minimum Gasteiger partial charge on any atom is -0.497 e. The number of methoxy groups -OCH3 is 1. The number of carbonyl (C=O) groups excluding carboxylic acids is 1. The van der Waals surface area contributed by atoms with Gasteiger partial charge in [0.2, 0.25) is 0 Å². The van der Waals surface area contributed by atoms with E-state index in [0.717, 1.165) is 0 Å². The van der Waals surface area contributed by atoms with E-state index in [-0.39, 0.29) is 16.5 Å². The quantitative estimate of drug-likeness (QED) is 0.908. The second-order valence-electron chi connectivity index (χ2n) is 5.41. The molecule has 0 saturated carbocycles. The highest BCUT2D eigenvalue weighted by molar-refractivity contribution is 5.90. The van der Waals surface area contributed by atoms with Gasteiger partial charge in [-0.15, -0.1) is 0 Å². The summed E-state index contributed by atoms with van der Waals surface area (Å²) in [6, 6.07) is 6.18. The summed E-state index contributed by atoms with van der Waals surface area (Å²) in [6.45, 7) is 2.59. The third-order valence-corrected chi connectivity index (χ3v) is 3.51. The van der Waals surface area contributed by atoms with Crippen LogP contribution < -0.4 is 9.47 Å². The van der Waals surface area contributed by atoms with Gasteiger partial charge in [0.15, 0.2) is 6.10 Å². The maximum Gasteiger partial charge on any atom is 0.438 e. The molecule has 1 aromatic carbocycles. The van der Waals surface area contributed by atoms with E-state index in [9.17, 15) is 23.1 Å². The predicted molar refractivity (Wildman–Crippen MR) is 78.7 cm³/mol. The number of halogens is 3. The van der Waals surface area contributed by atoms with Crippen LogP contribution in [0.25, 0.3) is 0 Å². The molecule has 0 radical (unpaired) electrons. The average molecular weight is 346 g/mol. The van der Waals surface area contributed by atoms with E-state index in [2.05, 4.69) is 5.10 Å². The average Bonchev–Trinajstić information content (AvgIpc) is 2.83. The third kappa shape index (κ3) is 3.30. The van der Waals surface area contributed by atoms with Gasteiger partial charge in [-0.2, -0.15) is 23.3 Å². The van der Waals surface area contributed by atoms with Gasteiger partial charge >= 0.3 is 6.18 Å². The van der Waals surface area contributed by atoms with E-state index in [0.29, 0.717) is 5.75 Å². The molecule has 1 heterocycles. The van der Waals surface area contributed by atoms with Crippen molar-refractivity contribution < 1.29 is 32.5 Å². The molecule has 0 spiro atoms. The van der Waals surface area contributed by atoms with Crippen molar-refractivity contribution in [1.82, 2.24) is 5.01 Å². The van der Waals surface area contributed by atoms with Gasteiger partial charge in [0.25, 0.3) is 11.6 Å². The summed E-state index contributed by atoms with van der Waals surface area (Å²) in [5.74, 6) is -0.262. The molecule has 6 nitrogen and oxygen atoms in total. The fourth-order valence-electron chi connectivity index (χ4n) is 2.25. The number of nitrogens with zero attached hydrogens (tertiary/aromatic N) is 2. The Bertz CT molecular complexity index is 645. The Hall–Kier alpha value is -2.29. The van der Waals surface area contributed by atoms with Crippen molar-refractivity contribution in [2.45, 2.75) is 38.3 Å². The Kier molecular flexibility index (Phi) is 4.75. The minimum absolute atomic E-state index is 0.000164. The summed E-state index contributed by atoms with van der Waals surface area (Å²) in [4.78, 5) is 12.3. The Balaban J connectivity index is 2.16. The predicted octanol–water partition coefficient (Wildman–Crippen LogP) is 2.32. The lowest BCUT2D eigenvalue weighted by molar-refractivity contribution is -0.303. The second-order valence-corrected chi connectivity index (χ2v) is 5.41. The number of aliphatic hydroxyl groups is 1. The van der Waals surface area contributed by atoms with Crippen LogP contribution >= 0.6 is 0 Å². The molecule has 0 unspecified atom stereocenters. The fourth-order valence-corrected chi connectivity index (χ4v) is 2.25. The summed E-state index contributed by atoms with van der Waals surface area (Å²) in [5.41, 5.74) is -3.36. The maximum atomic E-state index is 13.1. The van der Waals surface area contributed by atoms with Gasteiger partial charge < -0.3 is 14.6 Å². The van der Waals surface area contributed by atoms with Crippen LogP contribution in [-0.4, -0.2) is 46.8 Å². The molecule has 0 fully saturated rings.